The topological polar surface area (TPSA) is 51.0 Å². The van der Waals surface area contributed by atoms with Crippen LogP contribution in [0.5, 0.6) is 0 Å². The van der Waals surface area contributed by atoms with E-state index in [0.717, 1.165) is 50.3 Å². The third-order valence-electron chi connectivity index (χ3n) is 5.40. The van der Waals surface area contributed by atoms with Crippen molar-refractivity contribution in [2.45, 2.75) is 57.5 Å². The summed E-state index contributed by atoms with van der Waals surface area (Å²) >= 11 is 6.09. The van der Waals surface area contributed by atoms with Crippen LogP contribution in [0.15, 0.2) is 18.2 Å². The van der Waals surface area contributed by atoms with Crippen LogP contribution in [0, 0.1) is 5.82 Å². The number of carbonyl (C=O) groups is 1. The minimum absolute atomic E-state index is 0.0248. The van der Waals surface area contributed by atoms with E-state index in [9.17, 15) is 9.18 Å². The highest BCUT2D eigenvalue weighted by atomic mass is 35.5. The maximum Gasteiger partial charge on any atom is 0.227 e. The summed E-state index contributed by atoms with van der Waals surface area (Å²) in [6.45, 7) is 1.58. The number of hydrogen-bond donors (Lipinski definition) is 0. The Bertz CT molecular complexity index is 802. The number of fused-ring (bicyclic) bond motifs is 1. The molecule has 26 heavy (non-hydrogen) atoms. The van der Waals surface area contributed by atoms with Crippen molar-refractivity contribution in [3.8, 4) is 0 Å². The summed E-state index contributed by atoms with van der Waals surface area (Å²) in [6, 6.07) is 4.43. The summed E-state index contributed by atoms with van der Waals surface area (Å²) in [4.78, 5) is 14.7. The van der Waals surface area contributed by atoms with Gasteiger partial charge >= 0.3 is 0 Å². The number of halogens is 2. The monoisotopic (exact) mass is 376 g/mol. The van der Waals surface area contributed by atoms with Crippen LogP contribution in [0.25, 0.3) is 0 Å². The normalized spacial score (nSPS) is 20.1. The first-order chi connectivity index (χ1) is 12.6. The largest absolute Gasteiger partial charge is 0.332 e. The van der Waals surface area contributed by atoms with Gasteiger partial charge in [-0.3, -0.25) is 4.79 Å². The smallest absolute Gasteiger partial charge is 0.227 e. The Balaban J connectivity index is 1.57. The molecule has 1 fully saturated rings. The molecular weight excluding hydrogens is 355 g/mol. The van der Waals surface area contributed by atoms with Gasteiger partial charge in [-0.05, 0) is 37.8 Å². The van der Waals surface area contributed by atoms with Gasteiger partial charge in [0.25, 0.3) is 0 Å². The fourth-order valence-electron chi connectivity index (χ4n) is 4.04. The molecule has 7 heteroatoms. The first-order valence-corrected chi connectivity index (χ1v) is 9.67. The highest BCUT2D eigenvalue weighted by Crippen LogP contribution is 2.33. The van der Waals surface area contributed by atoms with Crippen molar-refractivity contribution in [1.82, 2.24) is 19.7 Å². The molecule has 0 N–H and O–H groups in total. The van der Waals surface area contributed by atoms with Gasteiger partial charge in [-0.25, -0.2) is 4.39 Å². The first kappa shape index (κ1) is 17.5. The number of hydrogen-bond acceptors (Lipinski definition) is 3. The predicted molar refractivity (Wildman–Crippen MR) is 96.4 cm³/mol. The second-order valence-corrected chi connectivity index (χ2v) is 7.47. The minimum atomic E-state index is -0.432. The third-order valence-corrected chi connectivity index (χ3v) is 5.75. The van der Waals surface area contributed by atoms with Crippen LogP contribution in [0.4, 0.5) is 4.39 Å². The van der Waals surface area contributed by atoms with Crippen LogP contribution in [-0.4, -0.2) is 32.1 Å². The lowest BCUT2D eigenvalue weighted by atomic mass is 10.1. The van der Waals surface area contributed by atoms with Crippen molar-refractivity contribution in [2.75, 3.05) is 6.54 Å². The number of amides is 1. The Labute approximate surface area is 157 Å². The summed E-state index contributed by atoms with van der Waals surface area (Å²) in [7, 11) is 0. The summed E-state index contributed by atoms with van der Waals surface area (Å²) in [5.74, 6) is 1.37. The van der Waals surface area contributed by atoms with Gasteiger partial charge in [-0.2, -0.15) is 0 Å². The Kier molecular flexibility index (Phi) is 4.94. The van der Waals surface area contributed by atoms with Crippen LogP contribution >= 0.6 is 11.6 Å². The van der Waals surface area contributed by atoms with E-state index in [1.54, 1.807) is 12.1 Å². The Morgan fingerprint density at radius 2 is 2.08 bits per heavy atom. The van der Waals surface area contributed by atoms with Gasteiger partial charge in [0.2, 0.25) is 5.91 Å². The van der Waals surface area contributed by atoms with Crippen LogP contribution in [0.2, 0.25) is 5.02 Å². The van der Waals surface area contributed by atoms with E-state index in [-0.39, 0.29) is 23.9 Å². The molecule has 1 aromatic carbocycles. The average Bonchev–Trinajstić information content (AvgIpc) is 3.19. The van der Waals surface area contributed by atoms with Crippen molar-refractivity contribution < 1.29 is 9.18 Å². The lowest BCUT2D eigenvalue weighted by Crippen LogP contribution is -2.33. The Morgan fingerprint density at radius 1 is 1.19 bits per heavy atom. The molecule has 2 aromatic rings. The van der Waals surface area contributed by atoms with Crippen LogP contribution < -0.4 is 0 Å². The summed E-state index contributed by atoms with van der Waals surface area (Å²) in [6.07, 6.45) is 6.16. The summed E-state index contributed by atoms with van der Waals surface area (Å²) < 4.78 is 16.3. The lowest BCUT2D eigenvalue weighted by Gasteiger charge is -2.25. The van der Waals surface area contributed by atoms with E-state index >= 15 is 0 Å². The van der Waals surface area contributed by atoms with E-state index in [2.05, 4.69) is 14.8 Å². The number of carbonyl (C=O) groups excluding carboxylic acids is 1. The molecule has 2 aliphatic heterocycles. The molecule has 4 rings (SSSR count). The average molecular weight is 377 g/mol. The van der Waals surface area contributed by atoms with Gasteiger partial charge in [0.1, 0.15) is 11.6 Å². The molecule has 0 aliphatic carbocycles. The first-order valence-electron chi connectivity index (χ1n) is 9.29. The van der Waals surface area contributed by atoms with Crippen molar-refractivity contribution in [3.05, 3.63) is 46.3 Å². The number of likely N-dealkylation sites (tertiary alicyclic amines) is 1. The summed E-state index contributed by atoms with van der Waals surface area (Å²) in [5, 5.41) is 9.07. The molecule has 1 aromatic heterocycles. The van der Waals surface area contributed by atoms with Crippen molar-refractivity contribution in [2.24, 2.45) is 0 Å². The van der Waals surface area contributed by atoms with E-state index in [1.165, 1.54) is 12.5 Å². The molecule has 0 bridgehead atoms. The fourth-order valence-corrected chi connectivity index (χ4v) is 4.27. The Hall–Kier alpha value is -1.95. The highest BCUT2D eigenvalue weighted by Gasteiger charge is 2.34. The highest BCUT2D eigenvalue weighted by molar-refractivity contribution is 6.31. The lowest BCUT2D eigenvalue weighted by molar-refractivity contribution is -0.131. The van der Waals surface area contributed by atoms with Crippen molar-refractivity contribution in [3.63, 3.8) is 0 Å². The second kappa shape index (κ2) is 7.35. The van der Waals surface area contributed by atoms with Gasteiger partial charge in [0.05, 0.1) is 12.5 Å². The zero-order chi connectivity index (χ0) is 18.1. The van der Waals surface area contributed by atoms with E-state index in [4.69, 9.17) is 11.6 Å². The van der Waals surface area contributed by atoms with Crippen molar-refractivity contribution in [1.29, 1.82) is 0 Å². The fraction of sp³-hybridized carbons (Fsp3) is 0.526. The number of rotatable bonds is 3. The molecule has 0 radical (unpaired) electrons. The SMILES string of the molecule is O=C(Cc1c(F)cccc1Cl)N1CCCC1c1nnc2n1CCCCC2. The molecule has 2 aliphatic rings. The number of aromatic nitrogens is 3. The van der Waals surface area contributed by atoms with Gasteiger partial charge in [0.15, 0.2) is 5.82 Å². The standard InChI is InChI=1S/C19H22ClFN4O/c20-14-6-4-7-15(21)13(14)12-18(26)24-11-5-8-16(24)19-23-22-17-9-2-1-3-10-25(17)19/h4,6-7,16H,1-3,5,8-12H2. The van der Waals surface area contributed by atoms with E-state index in [1.807, 2.05) is 4.90 Å². The second-order valence-electron chi connectivity index (χ2n) is 7.06. The van der Waals surface area contributed by atoms with Gasteiger partial charge in [-0.15, -0.1) is 10.2 Å². The molecule has 138 valence electrons. The van der Waals surface area contributed by atoms with Gasteiger partial charge < -0.3 is 9.47 Å². The molecular formula is C19H22ClFN4O. The van der Waals surface area contributed by atoms with Crippen LogP contribution in [-0.2, 0) is 24.2 Å². The quantitative estimate of drug-likeness (QED) is 0.820. The van der Waals surface area contributed by atoms with E-state index in [0.29, 0.717) is 11.6 Å². The Morgan fingerprint density at radius 3 is 2.92 bits per heavy atom. The third kappa shape index (κ3) is 3.22. The molecule has 1 amide bonds. The van der Waals surface area contributed by atoms with Gasteiger partial charge in [-0.1, -0.05) is 24.1 Å². The number of benzene rings is 1. The van der Waals surface area contributed by atoms with Crippen LogP contribution in [0.1, 0.15) is 55.4 Å². The maximum atomic E-state index is 14.1. The summed E-state index contributed by atoms with van der Waals surface area (Å²) in [5.41, 5.74) is 0.268. The number of nitrogens with zero attached hydrogens (tertiary/aromatic N) is 4. The molecule has 3 heterocycles. The maximum absolute atomic E-state index is 14.1. The molecule has 5 nitrogen and oxygen atoms in total. The van der Waals surface area contributed by atoms with Crippen molar-refractivity contribution >= 4 is 17.5 Å². The predicted octanol–water partition coefficient (Wildman–Crippen LogP) is 3.70. The zero-order valence-electron chi connectivity index (χ0n) is 14.6. The molecule has 1 saturated heterocycles. The van der Waals surface area contributed by atoms with E-state index < -0.39 is 5.82 Å². The van der Waals surface area contributed by atoms with Gasteiger partial charge in [0, 0.05) is 30.1 Å². The molecule has 1 unspecified atom stereocenters. The molecule has 0 saturated carbocycles. The zero-order valence-corrected chi connectivity index (χ0v) is 15.4. The molecule has 0 spiro atoms. The molecule has 1 atom stereocenters. The van der Waals surface area contributed by atoms with Crippen LogP contribution in [0.3, 0.4) is 0 Å². The minimum Gasteiger partial charge on any atom is -0.332 e. The number of aryl methyl sites for hydroxylation is 1.